The maximum absolute atomic E-state index is 13.5. The number of nitrogens with two attached hydrogens (primary N) is 1. The van der Waals surface area contributed by atoms with Crippen LogP contribution in [0.25, 0.3) is 0 Å². The second-order valence-electron chi connectivity index (χ2n) is 3.70. The fourth-order valence-corrected chi connectivity index (χ4v) is 1.50. The highest BCUT2D eigenvalue weighted by Gasteiger charge is 2.19. The number of nitrogens with zero attached hydrogens (tertiary/aromatic N) is 1. The first-order chi connectivity index (χ1) is 8.60. The molecule has 0 aromatic heterocycles. The van der Waals surface area contributed by atoms with E-state index in [2.05, 4.69) is 0 Å². The number of hydrogen-bond donors (Lipinski definition) is 1. The minimum atomic E-state index is -0.749. The molecular weight excluding hydrogens is 242 g/mol. The lowest BCUT2D eigenvalue weighted by molar-refractivity contribution is 0.0696. The maximum Gasteiger partial charge on any atom is 0.257 e. The molecule has 1 rings (SSSR count). The van der Waals surface area contributed by atoms with Gasteiger partial charge in [0, 0.05) is 26.7 Å². The Morgan fingerprint density at radius 2 is 2.11 bits per heavy atom. The number of amides is 1. The smallest absolute Gasteiger partial charge is 0.257 e. The summed E-state index contributed by atoms with van der Waals surface area (Å²) in [6.45, 7) is 1.09. The molecule has 0 aliphatic carbocycles. The normalized spacial score (nSPS) is 10.4. The Kier molecular flexibility index (Phi) is 5.67. The molecule has 100 valence electrons. The summed E-state index contributed by atoms with van der Waals surface area (Å²) in [6.07, 6.45) is 0. The summed E-state index contributed by atoms with van der Waals surface area (Å²) in [6, 6.07) is 2.78. The van der Waals surface area contributed by atoms with E-state index in [4.69, 9.17) is 10.5 Å². The van der Waals surface area contributed by atoms with Crippen LogP contribution >= 0.6 is 0 Å². The van der Waals surface area contributed by atoms with E-state index in [-0.39, 0.29) is 25.2 Å². The Balaban J connectivity index is 2.90. The van der Waals surface area contributed by atoms with Crippen LogP contribution in [0.3, 0.4) is 0 Å². The van der Waals surface area contributed by atoms with Crippen molar-refractivity contribution in [2.24, 2.45) is 5.73 Å². The number of halogens is 2. The highest BCUT2D eigenvalue weighted by Crippen LogP contribution is 2.12. The van der Waals surface area contributed by atoms with Crippen molar-refractivity contribution >= 4 is 5.91 Å². The Morgan fingerprint density at radius 1 is 1.39 bits per heavy atom. The number of benzene rings is 1. The fourth-order valence-electron chi connectivity index (χ4n) is 1.50. The van der Waals surface area contributed by atoms with Crippen molar-refractivity contribution in [1.29, 1.82) is 0 Å². The summed E-state index contributed by atoms with van der Waals surface area (Å²) < 4.78 is 31.3. The third kappa shape index (κ3) is 3.75. The number of carbonyl (C=O) groups is 1. The predicted molar refractivity (Wildman–Crippen MR) is 63.2 cm³/mol. The van der Waals surface area contributed by atoms with Gasteiger partial charge < -0.3 is 15.4 Å². The molecule has 6 heteroatoms. The standard InChI is InChI=1S/C12H16F2N2O2/c1-18-7-6-16(5-4-15)12(17)10-8-9(13)2-3-11(10)14/h2-3,8H,4-7,15H2,1H3. The second kappa shape index (κ2) is 7.03. The van der Waals surface area contributed by atoms with E-state index in [1.165, 1.54) is 12.0 Å². The summed E-state index contributed by atoms with van der Waals surface area (Å²) in [5.41, 5.74) is 5.09. The quantitative estimate of drug-likeness (QED) is 0.828. The Labute approximate surface area is 104 Å². The molecule has 0 spiro atoms. The van der Waals surface area contributed by atoms with Gasteiger partial charge >= 0.3 is 0 Å². The van der Waals surface area contributed by atoms with E-state index in [1.807, 2.05) is 0 Å². The number of hydrogen-bond acceptors (Lipinski definition) is 3. The lowest BCUT2D eigenvalue weighted by atomic mass is 10.1. The zero-order valence-corrected chi connectivity index (χ0v) is 10.2. The summed E-state index contributed by atoms with van der Waals surface area (Å²) >= 11 is 0. The van der Waals surface area contributed by atoms with Gasteiger partial charge in [0.25, 0.3) is 5.91 Å². The van der Waals surface area contributed by atoms with E-state index >= 15 is 0 Å². The molecule has 2 N–H and O–H groups in total. The number of rotatable bonds is 6. The molecular formula is C12H16F2N2O2. The molecule has 1 aromatic rings. The summed E-state index contributed by atoms with van der Waals surface area (Å²) in [4.78, 5) is 13.4. The molecule has 0 unspecified atom stereocenters. The Bertz CT molecular complexity index is 413. The molecule has 0 aliphatic rings. The molecule has 4 nitrogen and oxygen atoms in total. The molecule has 1 aromatic carbocycles. The van der Waals surface area contributed by atoms with Crippen LogP contribution in [0.15, 0.2) is 18.2 Å². The van der Waals surface area contributed by atoms with Gasteiger partial charge in [-0.2, -0.15) is 0 Å². The Hall–Kier alpha value is -1.53. The first-order valence-electron chi connectivity index (χ1n) is 5.53. The van der Waals surface area contributed by atoms with Crippen molar-refractivity contribution in [3.8, 4) is 0 Å². The molecule has 0 radical (unpaired) electrons. The minimum Gasteiger partial charge on any atom is -0.383 e. The Morgan fingerprint density at radius 3 is 2.72 bits per heavy atom. The highest BCUT2D eigenvalue weighted by molar-refractivity contribution is 5.94. The molecule has 0 aliphatic heterocycles. The van der Waals surface area contributed by atoms with Crippen LogP contribution in [0, 0.1) is 11.6 Å². The van der Waals surface area contributed by atoms with Crippen LogP contribution in [-0.4, -0.2) is 44.2 Å². The zero-order valence-electron chi connectivity index (χ0n) is 10.2. The van der Waals surface area contributed by atoms with Gasteiger partial charge in [0.1, 0.15) is 11.6 Å². The average molecular weight is 258 g/mol. The highest BCUT2D eigenvalue weighted by atomic mass is 19.1. The predicted octanol–water partition coefficient (Wildman–Crippen LogP) is 1.01. The van der Waals surface area contributed by atoms with Gasteiger partial charge in [0.2, 0.25) is 0 Å². The van der Waals surface area contributed by atoms with Crippen molar-refractivity contribution in [2.45, 2.75) is 0 Å². The number of carbonyl (C=O) groups excluding carboxylic acids is 1. The third-order valence-electron chi connectivity index (χ3n) is 2.41. The van der Waals surface area contributed by atoms with E-state index in [9.17, 15) is 13.6 Å². The van der Waals surface area contributed by atoms with Gasteiger partial charge in [0.15, 0.2) is 0 Å². The van der Waals surface area contributed by atoms with Gasteiger partial charge in [-0.25, -0.2) is 8.78 Å². The van der Waals surface area contributed by atoms with Crippen molar-refractivity contribution < 1.29 is 18.3 Å². The van der Waals surface area contributed by atoms with Crippen LogP contribution in [0.2, 0.25) is 0 Å². The van der Waals surface area contributed by atoms with Crippen molar-refractivity contribution in [3.63, 3.8) is 0 Å². The van der Waals surface area contributed by atoms with Crippen LogP contribution in [0.5, 0.6) is 0 Å². The van der Waals surface area contributed by atoms with Crippen LogP contribution < -0.4 is 5.73 Å². The second-order valence-corrected chi connectivity index (χ2v) is 3.70. The van der Waals surface area contributed by atoms with Gasteiger partial charge in [-0.3, -0.25) is 4.79 Å². The maximum atomic E-state index is 13.5. The molecule has 0 atom stereocenters. The van der Waals surface area contributed by atoms with E-state index in [0.29, 0.717) is 6.61 Å². The molecule has 18 heavy (non-hydrogen) atoms. The summed E-state index contributed by atoms with van der Waals surface area (Å²) in [7, 11) is 1.49. The molecule has 0 saturated heterocycles. The molecule has 1 amide bonds. The lowest BCUT2D eigenvalue weighted by Crippen LogP contribution is -2.38. The summed E-state index contributed by atoms with van der Waals surface area (Å²) in [5.74, 6) is -1.99. The number of ether oxygens (including phenoxy) is 1. The van der Waals surface area contributed by atoms with Crippen molar-refractivity contribution in [2.75, 3.05) is 33.4 Å². The van der Waals surface area contributed by atoms with Gasteiger partial charge in [-0.05, 0) is 18.2 Å². The largest absolute Gasteiger partial charge is 0.383 e. The molecule has 0 bridgehead atoms. The first kappa shape index (κ1) is 14.5. The minimum absolute atomic E-state index is 0.242. The van der Waals surface area contributed by atoms with Gasteiger partial charge in [0.05, 0.1) is 12.2 Å². The monoisotopic (exact) mass is 258 g/mol. The fraction of sp³-hybridized carbons (Fsp3) is 0.417. The molecule has 0 fully saturated rings. The van der Waals surface area contributed by atoms with E-state index < -0.39 is 17.5 Å². The van der Waals surface area contributed by atoms with Crippen LogP contribution in [0.1, 0.15) is 10.4 Å². The average Bonchev–Trinajstić information content (AvgIpc) is 2.36. The van der Waals surface area contributed by atoms with E-state index in [1.54, 1.807) is 0 Å². The molecule has 0 heterocycles. The summed E-state index contributed by atoms with van der Waals surface area (Å²) in [5, 5.41) is 0. The van der Waals surface area contributed by atoms with Crippen molar-refractivity contribution in [1.82, 2.24) is 4.90 Å². The third-order valence-corrected chi connectivity index (χ3v) is 2.41. The number of methoxy groups -OCH3 is 1. The topological polar surface area (TPSA) is 55.6 Å². The van der Waals surface area contributed by atoms with Crippen LogP contribution in [0.4, 0.5) is 8.78 Å². The van der Waals surface area contributed by atoms with Gasteiger partial charge in [-0.1, -0.05) is 0 Å². The van der Waals surface area contributed by atoms with Crippen molar-refractivity contribution in [3.05, 3.63) is 35.4 Å². The first-order valence-corrected chi connectivity index (χ1v) is 5.53. The SMILES string of the molecule is COCCN(CCN)C(=O)c1cc(F)ccc1F. The molecule has 0 saturated carbocycles. The van der Waals surface area contributed by atoms with E-state index in [0.717, 1.165) is 18.2 Å². The van der Waals surface area contributed by atoms with Gasteiger partial charge in [-0.15, -0.1) is 0 Å². The zero-order chi connectivity index (χ0) is 13.5. The van der Waals surface area contributed by atoms with Crippen LogP contribution in [-0.2, 0) is 4.74 Å². The lowest BCUT2D eigenvalue weighted by Gasteiger charge is -2.21.